The summed E-state index contributed by atoms with van der Waals surface area (Å²) in [5.41, 5.74) is -0.358. The first-order valence-corrected chi connectivity index (χ1v) is 9.62. The van der Waals surface area contributed by atoms with Crippen molar-refractivity contribution in [1.29, 1.82) is 0 Å². The molecule has 2 saturated heterocycles. The van der Waals surface area contributed by atoms with E-state index in [1.807, 2.05) is 0 Å². The summed E-state index contributed by atoms with van der Waals surface area (Å²) in [7, 11) is 1.55. The Morgan fingerprint density at radius 2 is 2.07 bits per heavy atom. The Balaban J connectivity index is 1.81. The molecule has 0 unspecified atom stereocenters. The van der Waals surface area contributed by atoms with Gasteiger partial charge in [-0.25, -0.2) is 0 Å². The van der Waals surface area contributed by atoms with Crippen molar-refractivity contribution in [3.8, 4) is 0 Å². The molecule has 8 nitrogen and oxygen atoms in total. The number of ether oxygens (including phenoxy) is 1. The molecule has 3 heterocycles. The predicted molar refractivity (Wildman–Crippen MR) is 101 cm³/mol. The molecule has 1 aromatic rings. The molecule has 2 fully saturated rings. The van der Waals surface area contributed by atoms with Gasteiger partial charge in [0.15, 0.2) is 0 Å². The molecule has 0 aromatic heterocycles. The van der Waals surface area contributed by atoms with Crippen LogP contribution >= 0.6 is 11.6 Å². The fourth-order valence-corrected chi connectivity index (χ4v) is 4.94. The predicted octanol–water partition coefficient (Wildman–Crippen LogP) is 0.478. The number of rotatable bonds is 5. The molecule has 4 rings (SSSR count). The lowest BCUT2D eigenvalue weighted by atomic mass is 9.76. The summed E-state index contributed by atoms with van der Waals surface area (Å²) >= 11 is 6.16. The van der Waals surface area contributed by atoms with Crippen molar-refractivity contribution in [3.63, 3.8) is 0 Å². The average molecular weight is 408 g/mol. The van der Waals surface area contributed by atoms with Crippen molar-refractivity contribution in [2.24, 2.45) is 11.8 Å². The maximum Gasteiger partial charge on any atom is 0.250 e. The van der Waals surface area contributed by atoms with Crippen molar-refractivity contribution in [3.05, 3.63) is 28.8 Å². The van der Waals surface area contributed by atoms with Crippen molar-refractivity contribution in [1.82, 2.24) is 10.2 Å². The smallest absolute Gasteiger partial charge is 0.250 e. The van der Waals surface area contributed by atoms with Gasteiger partial charge < -0.3 is 15.2 Å². The van der Waals surface area contributed by atoms with Gasteiger partial charge >= 0.3 is 0 Å². The number of hydrogen-bond acceptors (Lipinski definition) is 6. The molecule has 3 aliphatic heterocycles. The van der Waals surface area contributed by atoms with Crippen molar-refractivity contribution < 1.29 is 24.2 Å². The number of halogens is 1. The van der Waals surface area contributed by atoms with Gasteiger partial charge in [-0.15, -0.1) is 0 Å². The van der Waals surface area contributed by atoms with Crippen LogP contribution in [-0.2, 0) is 24.7 Å². The Morgan fingerprint density at radius 1 is 1.32 bits per heavy atom. The molecule has 0 bridgehead atoms. The Hall–Kier alpha value is -2.00. The van der Waals surface area contributed by atoms with E-state index in [9.17, 15) is 19.5 Å². The number of fused-ring (bicyclic) bond motifs is 4. The molecule has 0 radical (unpaired) electrons. The van der Waals surface area contributed by atoms with E-state index < -0.39 is 41.3 Å². The molecule has 1 spiro atoms. The highest BCUT2D eigenvalue weighted by molar-refractivity contribution is 6.31. The van der Waals surface area contributed by atoms with Gasteiger partial charge in [-0.3, -0.25) is 24.6 Å². The molecule has 5 atom stereocenters. The van der Waals surface area contributed by atoms with Crippen LogP contribution in [0.2, 0.25) is 5.02 Å². The Labute approximate surface area is 167 Å². The van der Waals surface area contributed by atoms with Crippen molar-refractivity contribution in [2.75, 3.05) is 25.6 Å². The number of aliphatic hydroxyl groups excluding tert-OH is 1. The second-order valence-corrected chi connectivity index (χ2v) is 7.98. The molecule has 3 amide bonds. The fourth-order valence-electron chi connectivity index (χ4n) is 4.77. The lowest BCUT2D eigenvalue weighted by Gasteiger charge is -2.30. The zero-order valence-electron chi connectivity index (χ0n) is 15.6. The molecular weight excluding hydrogens is 386 g/mol. The van der Waals surface area contributed by atoms with Gasteiger partial charge in [0.05, 0.1) is 17.9 Å². The van der Waals surface area contributed by atoms with Gasteiger partial charge in [0.2, 0.25) is 17.7 Å². The second kappa shape index (κ2) is 6.81. The van der Waals surface area contributed by atoms with Gasteiger partial charge in [0.25, 0.3) is 0 Å². The maximum absolute atomic E-state index is 13.3. The summed E-state index contributed by atoms with van der Waals surface area (Å²) in [6.45, 7) is 2.17. The standard InChI is InChI=1S/C19H22ClN3O5/c1-9(24)15-13-14(17(26)23(16(13)25)6-3-7-28-2)19(22-15)11-8-10(20)4-5-12(11)21-18(19)27/h4-5,8-9,13-15,22,24H,3,6-7H2,1-2H3,(H,21,27)/t9-,13-,14-,15+,19-/m0/s1. The van der Waals surface area contributed by atoms with Crippen LogP contribution in [-0.4, -0.2) is 60.1 Å². The average Bonchev–Trinajstić information content (AvgIpc) is 3.23. The SMILES string of the molecule is COCCCN1C(=O)[C@@H]2[C@@H]([C@H](C)O)N[C@]3(C(=O)Nc4ccc(Cl)cc43)[C@@H]2C1=O. The maximum atomic E-state index is 13.3. The Morgan fingerprint density at radius 3 is 2.75 bits per heavy atom. The van der Waals surface area contributed by atoms with Crippen LogP contribution in [0.5, 0.6) is 0 Å². The van der Waals surface area contributed by atoms with E-state index in [0.29, 0.717) is 29.3 Å². The molecule has 1 aromatic carbocycles. The number of amides is 3. The number of likely N-dealkylation sites (tertiary alicyclic amines) is 1. The third-order valence-corrected chi connectivity index (χ3v) is 6.19. The number of carbonyl (C=O) groups excluding carboxylic acids is 3. The van der Waals surface area contributed by atoms with E-state index in [-0.39, 0.29) is 12.5 Å². The highest BCUT2D eigenvalue weighted by atomic mass is 35.5. The lowest BCUT2D eigenvalue weighted by Crippen LogP contribution is -2.54. The van der Waals surface area contributed by atoms with Crippen LogP contribution in [0.3, 0.4) is 0 Å². The van der Waals surface area contributed by atoms with Crippen LogP contribution in [0, 0.1) is 11.8 Å². The summed E-state index contributed by atoms with van der Waals surface area (Å²) in [6.07, 6.45) is -0.430. The molecule has 0 aliphatic carbocycles. The summed E-state index contributed by atoms with van der Waals surface area (Å²) in [5.74, 6) is -2.97. The summed E-state index contributed by atoms with van der Waals surface area (Å²) in [4.78, 5) is 40.7. The highest BCUT2D eigenvalue weighted by Gasteiger charge is 2.71. The number of anilines is 1. The highest BCUT2D eigenvalue weighted by Crippen LogP contribution is 2.53. The van der Waals surface area contributed by atoms with Crippen LogP contribution in [0.25, 0.3) is 0 Å². The van der Waals surface area contributed by atoms with Crippen LogP contribution < -0.4 is 10.6 Å². The minimum Gasteiger partial charge on any atom is -0.392 e. The molecule has 150 valence electrons. The van der Waals surface area contributed by atoms with Gasteiger partial charge in [-0.2, -0.15) is 0 Å². The number of hydrogen-bond donors (Lipinski definition) is 3. The van der Waals surface area contributed by atoms with E-state index in [1.54, 1.807) is 32.2 Å². The number of benzene rings is 1. The van der Waals surface area contributed by atoms with E-state index in [0.717, 1.165) is 0 Å². The number of aliphatic hydroxyl groups is 1. The largest absolute Gasteiger partial charge is 0.392 e. The molecular formula is C19H22ClN3O5. The van der Waals surface area contributed by atoms with E-state index >= 15 is 0 Å². The van der Waals surface area contributed by atoms with Crippen LogP contribution in [0.4, 0.5) is 5.69 Å². The Bertz CT molecular complexity index is 860. The summed E-state index contributed by atoms with van der Waals surface area (Å²) in [6, 6.07) is 4.23. The number of imide groups is 1. The van der Waals surface area contributed by atoms with E-state index in [2.05, 4.69) is 10.6 Å². The third-order valence-electron chi connectivity index (χ3n) is 5.95. The molecule has 3 N–H and O–H groups in total. The van der Waals surface area contributed by atoms with Gasteiger partial charge in [0, 0.05) is 42.6 Å². The first-order chi connectivity index (χ1) is 13.3. The minimum atomic E-state index is -1.44. The van der Waals surface area contributed by atoms with Gasteiger partial charge in [-0.05, 0) is 31.5 Å². The number of nitrogens with zero attached hydrogens (tertiary/aromatic N) is 1. The van der Waals surface area contributed by atoms with Crippen LogP contribution in [0.1, 0.15) is 18.9 Å². The third kappa shape index (κ3) is 2.52. The van der Waals surface area contributed by atoms with Crippen molar-refractivity contribution in [2.45, 2.75) is 31.0 Å². The van der Waals surface area contributed by atoms with Crippen molar-refractivity contribution >= 4 is 35.0 Å². The first-order valence-electron chi connectivity index (χ1n) is 9.24. The molecule has 9 heteroatoms. The second-order valence-electron chi connectivity index (χ2n) is 7.54. The molecule has 28 heavy (non-hydrogen) atoms. The normalized spacial score (nSPS) is 32.1. The summed E-state index contributed by atoms with van der Waals surface area (Å²) in [5, 5.41) is 16.7. The number of carbonyl (C=O) groups is 3. The zero-order chi connectivity index (χ0) is 20.2. The monoisotopic (exact) mass is 407 g/mol. The molecule has 0 saturated carbocycles. The number of methoxy groups -OCH3 is 1. The number of nitrogens with one attached hydrogen (secondary N) is 2. The van der Waals surface area contributed by atoms with Gasteiger partial charge in [-0.1, -0.05) is 11.6 Å². The zero-order valence-corrected chi connectivity index (χ0v) is 16.3. The Kier molecular flexibility index (Phi) is 4.70. The lowest BCUT2D eigenvalue weighted by molar-refractivity contribution is -0.143. The van der Waals surface area contributed by atoms with Gasteiger partial charge in [0.1, 0.15) is 5.54 Å². The van der Waals surface area contributed by atoms with E-state index in [1.165, 1.54) is 4.90 Å². The summed E-state index contributed by atoms with van der Waals surface area (Å²) < 4.78 is 5.02. The first kappa shape index (κ1) is 19.3. The molecule has 3 aliphatic rings. The quantitative estimate of drug-likeness (QED) is 0.484. The minimum absolute atomic E-state index is 0.213. The van der Waals surface area contributed by atoms with Crippen LogP contribution in [0.15, 0.2) is 18.2 Å². The van der Waals surface area contributed by atoms with E-state index in [4.69, 9.17) is 16.3 Å². The fraction of sp³-hybridized carbons (Fsp3) is 0.526. The topological polar surface area (TPSA) is 108 Å².